The van der Waals surface area contributed by atoms with Gasteiger partial charge in [0, 0.05) is 0 Å². The molecule has 210 valence electrons. The van der Waals surface area contributed by atoms with Crippen LogP contribution in [0.1, 0.15) is 117 Å². The third-order valence-electron chi connectivity index (χ3n) is 4.87. The molecule has 2 aromatic rings. The number of allylic oxidation sites excluding steroid dienone is 1. The van der Waals surface area contributed by atoms with E-state index in [4.69, 9.17) is 0 Å². The summed E-state index contributed by atoms with van der Waals surface area (Å²) in [6.45, 7) is 30.4. The summed E-state index contributed by atoms with van der Waals surface area (Å²) in [5, 5.41) is 0. The molecule has 2 aromatic carbocycles. The van der Waals surface area contributed by atoms with Crippen molar-refractivity contribution in [2.45, 2.75) is 117 Å². The summed E-state index contributed by atoms with van der Waals surface area (Å²) >= 11 is -0.747. The first-order valence-electron chi connectivity index (χ1n) is 14.1. The Morgan fingerprint density at radius 1 is 0.778 bits per heavy atom. The Bertz CT molecular complexity index is 801. The van der Waals surface area contributed by atoms with Gasteiger partial charge in [0.1, 0.15) is 0 Å². The molecule has 0 aliphatic rings. The molecule has 36 heavy (non-hydrogen) atoms. The first-order chi connectivity index (χ1) is 17.2. The number of Topliss-reactive ketones (excluding diaryl/α,β-unsaturated/α-hetero) is 1. The number of hydrogen-bond acceptors (Lipinski definition) is 1. The predicted molar refractivity (Wildman–Crippen MR) is 180 cm³/mol. The van der Waals surface area contributed by atoms with Crippen LogP contribution in [0.25, 0.3) is 6.08 Å². The van der Waals surface area contributed by atoms with Crippen molar-refractivity contribution in [2.75, 3.05) is 9.36 Å². The molecule has 0 aliphatic carbocycles. The van der Waals surface area contributed by atoms with Crippen LogP contribution in [0.2, 0.25) is 0 Å². The average Bonchev–Trinajstić information content (AvgIpc) is 2.90. The summed E-state index contributed by atoms with van der Waals surface area (Å²) in [4.78, 5) is 13.8. The van der Waals surface area contributed by atoms with Crippen molar-refractivity contribution >= 4 is 31.7 Å². The van der Waals surface area contributed by atoms with Gasteiger partial charge in [-0.25, -0.2) is 0 Å². The molecule has 1 nitrogen and oxygen atoms in total. The van der Waals surface area contributed by atoms with E-state index in [1.165, 1.54) is 38.7 Å². The molecule has 0 radical (unpaired) electrons. The molecular weight excluding hydrogens is 551 g/mol. The van der Waals surface area contributed by atoms with Gasteiger partial charge < -0.3 is 0 Å². The van der Waals surface area contributed by atoms with Gasteiger partial charge >= 0.3 is 82.8 Å². The van der Waals surface area contributed by atoms with E-state index in [1.54, 1.807) is 10.5 Å². The van der Waals surface area contributed by atoms with Crippen LogP contribution in [-0.4, -0.2) is 15.1 Å². The van der Waals surface area contributed by atoms with E-state index in [1.807, 2.05) is 68.4 Å². The molecule has 0 atom stereocenters. The normalized spacial score (nSPS) is 9.67. The minimum absolute atomic E-state index is 0.168. The van der Waals surface area contributed by atoms with Crippen LogP contribution < -0.4 is 0 Å². The van der Waals surface area contributed by atoms with Crippen molar-refractivity contribution in [3.63, 3.8) is 0 Å². The molecule has 0 aliphatic heterocycles. The van der Waals surface area contributed by atoms with Gasteiger partial charge in [-0.3, -0.25) is 4.79 Å². The Kier molecular flexibility index (Phi) is 32.6. The molecule has 0 saturated heterocycles. The van der Waals surface area contributed by atoms with Crippen LogP contribution in [0, 0.1) is 31.3 Å². The van der Waals surface area contributed by atoms with Gasteiger partial charge in [0.25, 0.3) is 0 Å². The van der Waals surface area contributed by atoms with Crippen LogP contribution in [0.3, 0.4) is 0 Å². The Balaban J connectivity index is -0.000000227. The van der Waals surface area contributed by atoms with E-state index in [9.17, 15) is 4.79 Å². The molecule has 0 spiro atoms. The van der Waals surface area contributed by atoms with Crippen molar-refractivity contribution in [1.29, 1.82) is 0 Å². The number of benzene rings is 2. The maximum atomic E-state index is 11.4. The Morgan fingerprint density at radius 2 is 1.25 bits per heavy atom. The fourth-order valence-corrected chi connectivity index (χ4v) is 6.83. The quantitative estimate of drug-likeness (QED) is 0.180. The molecule has 0 amide bonds. The number of rotatable bonds is 6. The number of halogens is 1. The Hall–Kier alpha value is -1.42. The molecular formula is C34H61IO. The summed E-state index contributed by atoms with van der Waals surface area (Å²) in [7, 11) is 0. The predicted octanol–water partition coefficient (Wildman–Crippen LogP) is 11.8. The summed E-state index contributed by atoms with van der Waals surface area (Å²) in [6.07, 6.45) is 4.16. The summed E-state index contributed by atoms with van der Waals surface area (Å²) in [6, 6.07) is 13.4. The SMILES string of the molecule is CC.CC.CC.CC.CC/C(=C/c1cc(C)cc(C)c1C)C(C)=O.CCCI(C)c1ccc(C)cc1. The van der Waals surface area contributed by atoms with E-state index < -0.39 is 19.8 Å². The van der Waals surface area contributed by atoms with Gasteiger partial charge in [0.15, 0.2) is 5.78 Å². The second kappa shape index (κ2) is 28.2. The monoisotopic (exact) mass is 612 g/mol. The van der Waals surface area contributed by atoms with Crippen molar-refractivity contribution < 1.29 is 4.79 Å². The van der Waals surface area contributed by atoms with Crippen molar-refractivity contribution in [3.05, 3.63) is 73.4 Å². The van der Waals surface area contributed by atoms with Gasteiger partial charge in [0.05, 0.1) is 0 Å². The summed E-state index contributed by atoms with van der Waals surface area (Å²) in [5.74, 6) is 0.168. The van der Waals surface area contributed by atoms with Crippen LogP contribution in [0.15, 0.2) is 42.0 Å². The standard InChI is InChI=1S/C15H20O.C11H17I.4C2H6/c1-6-14(13(5)16)9-15-8-10(2)7-11(3)12(15)4;1-4-9-12(3)11-7-5-10(2)6-8-11;4*1-2/h7-9H,6H2,1-5H3;5-8H,4,9H2,1-3H3;4*1-2H3/b14-9-;;;;;. The van der Waals surface area contributed by atoms with Gasteiger partial charge in [-0.15, -0.1) is 0 Å². The number of alkyl halides is 2. The topological polar surface area (TPSA) is 17.1 Å². The molecule has 0 saturated carbocycles. The number of hydrogen-bond donors (Lipinski definition) is 0. The van der Waals surface area contributed by atoms with Crippen molar-refractivity contribution in [1.82, 2.24) is 0 Å². The molecule has 0 bridgehead atoms. The van der Waals surface area contributed by atoms with Gasteiger partial charge in [-0.2, -0.15) is 0 Å². The van der Waals surface area contributed by atoms with Crippen LogP contribution in [0.4, 0.5) is 0 Å². The molecule has 0 fully saturated rings. The van der Waals surface area contributed by atoms with Gasteiger partial charge in [-0.05, 0) is 62.5 Å². The second-order valence-corrected chi connectivity index (χ2v) is 13.1. The Morgan fingerprint density at radius 3 is 1.64 bits per heavy atom. The molecule has 2 heteroatoms. The first kappa shape index (κ1) is 41.7. The zero-order chi connectivity index (χ0) is 29.3. The fourth-order valence-electron chi connectivity index (χ4n) is 3.00. The number of aryl methyl sites for hydroxylation is 3. The van der Waals surface area contributed by atoms with Gasteiger partial charge in [0.2, 0.25) is 0 Å². The molecule has 0 N–H and O–H groups in total. The number of carbonyl (C=O) groups is 1. The maximum absolute atomic E-state index is 11.4. The molecule has 0 aromatic heterocycles. The molecule has 0 unspecified atom stereocenters. The van der Waals surface area contributed by atoms with E-state index in [2.05, 4.69) is 75.9 Å². The van der Waals surface area contributed by atoms with Crippen LogP contribution in [0.5, 0.6) is 0 Å². The van der Waals surface area contributed by atoms with E-state index in [0.29, 0.717) is 0 Å². The summed E-state index contributed by atoms with van der Waals surface area (Å²) < 4.78 is 3.08. The van der Waals surface area contributed by atoms with Crippen LogP contribution in [-0.2, 0) is 4.79 Å². The van der Waals surface area contributed by atoms with Gasteiger partial charge in [-0.1, -0.05) is 80.0 Å². The van der Waals surface area contributed by atoms with Crippen molar-refractivity contribution in [3.8, 4) is 0 Å². The second-order valence-electron chi connectivity index (χ2n) is 7.45. The van der Waals surface area contributed by atoms with Crippen molar-refractivity contribution in [2.24, 2.45) is 0 Å². The van der Waals surface area contributed by atoms with E-state index in [0.717, 1.165) is 12.0 Å². The third kappa shape index (κ3) is 18.8. The number of ketones is 1. The molecule has 2 rings (SSSR count). The number of carbonyl (C=O) groups excluding carboxylic acids is 1. The summed E-state index contributed by atoms with van der Waals surface area (Å²) in [5.41, 5.74) is 7.23. The fraction of sp³-hybridized carbons (Fsp3) is 0.559. The zero-order valence-corrected chi connectivity index (χ0v) is 29.1. The first-order valence-corrected chi connectivity index (χ1v) is 18.9. The Labute approximate surface area is 235 Å². The minimum atomic E-state index is -0.747. The van der Waals surface area contributed by atoms with E-state index >= 15 is 0 Å². The molecule has 0 heterocycles. The zero-order valence-electron chi connectivity index (χ0n) is 26.9. The van der Waals surface area contributed by atoms with Crippen LogP contribution >= 0.6 is 19.8 Å². The average molecular weight is 613 g/mol. The third-order valence-corrected chi connectivity index (χ3v) is 10.4. The van der Waals surface area contributed by atoms with E-state index in [-0.39, 0.29) is 5.78 Å².